The van der Waals surface area contributed by atoms with E-state index in [0.29, 0.717) is 12.4 Å². The second-order valence-electron chi connectivity index (χ2n) is 4.97. The summed E-state index contributed by atoms with van der Waals surface area (Å²) in [6.07, 6.45) is 0. The predicted molar refractivity (Wildman–Crippen MR) is 77.6 cm³/mol. The van der Waals surface area contributed by atoms with Gasteiger partial charge in [-0.1, -0.05) is 6.07 Å². The van der Waals surface area contributed by atoms with Gasteiger partial charge in [0, 0.05) is 18.3 Å². The van der Waals surface area contributed by atoms with Crippen molar-refractivity contribution in [2.75, 3.05) is 0 Å². The van der Waals surface area contributed by atoms with E-state index in [1.807, 2.05) is 25.1 Å². The second kappa shape index (κ2) is 5.41. The Bertz CT molecular complexity index is 606. The van der Waals surface area contributed by atoms with Crippen LogP contribution in [0.2, 0.25) is 0 Å². The molecule has 2 aromatic rings. The van der Waals surface area contributed by atoms with Gasteiger partial charge < -0.3 is 10.5 Å². The van der Waals surface area contributed by atoms with E-state index < -0.39 is 0 Å². The first kappa shape index (κ1) is 13.6. The number of aryl methyl sites for hydroxylation is 3. The van der Waals surface area contributed by atoms with Crippen LogP contribution in [0.1, 0.15) is 27.9 Å². The third kappa shape index (κ3) is 3.12. The van der Waals surface area contributed by atoms with Gasteiger partial charge in [-0.3, -0.25) is 0 Å². The molecule has 3 nitrogen and oxygen atoms in total. The van der Waals surface area contributed by atoms with Gasteiger partial charge in [-0.25, -0.2) is 4.98 Å². The Hall–Kier alpha value is -1.87. The molecule has 0 aliphatic heterocycles. The van der Waals surface area contributed by atoms with Crippen LogP contribution >= 0.6 is 0 Å². The lowest BCUT2D eigenvalue weighted by Crippen LogP contribution is -2.00. The van der Waals surface area contributed by atoms with Gasteiger partial charge in [0.1, 0.15) is 5.75 Å². The molecule has 0 radical (unpaired) electrons. The number of nitrogens with zero attached hydrogens (tertiary/aromatic N) is 1. The molecule has 0 atom stereocenters. The number of nitrogens with two attached hydrogens (primary N) is 1. The van der Waals surface area contributed by atoms with Gasteiger partial charge in [0.25, 0.3) is 0 Å². The molecule has 0 unspecified atom stereocenters. The normalized spacial score (nSPS) is 10.6. The van der Waals surface area contributed by atoms with Crippen LogP contribution in [0.4, 0.5) is 0 Å². The number of pyridine rings is 1. The Morgan fingerprint density at radius 3 is 2.47 bits per heavy atom. The van der Waals surface area contributed by atoms with Crippen molar-refractivity contribution in [3.05, 3.63) is 52.2 Å². The quantitative estimate of drug-likeness (QED) is 0.913. The minimum Gasteiger partial charge on any atom is -0.439 e. The summed E-state index contributed by atoms with van der Waals surface area (Å²) in [7, 11) is 0. The molecule has 1 aromatic heterocycles. The van der Waals surface area contributed by atoms with Crippen LogP contribution in [0.3, 0.4) is 0 Å². The van der Waals surface area contributed by atoms with Crippen LogP contribution in [0.25, 0.3) is 0 Å². The highest BCUT2D eigenvalue weighted by Crippen LogP contribution is 2.28. The standard InChI is InChI=1S/C16H20N2O/c1-10-5-11(2)13(4)15(6-10)19-16-8-14(9-17)7-12(3)18-16/h5-8H,9,17H2,1-4H3. The van der Waals surface area contributed by atoms with Gasteiger partial charge in [-0.05, 0) is 62.1 Å². The summed E-state index contributed by atoms with van der Waals surface area (Å²) in [5.74, 6) is 1.46. The van der Waals surface area contributed by atoms with Gasteiger partial charge in [-0.15, -0.1) is 0 Å². The van der Waals surface area contributed by atoms with Crippen molar-refractivity contribution in [3.8, 4) is 11.6 Å². The highest BCUT2D eigenvalue weighted by atomic mass is 16.5. The first-order valence-electron chi connectivity index (χ1n) is 6.43. The van der Waals surface area contributed by atoms with E-state index >= 15 is 0 Å². The van der Waals surface area contributed by atoms with E-state index in [0.717, 1.165) is 22.6 Å². The van der Waals surface area contributed by atoms with Crippen molar-refractivity contribution in [3.63, 3.8) is 0 Å². The van der Waals surface area contributed by atoms with E-state index in [1.165, 1.54) is 11.1 Å². The molecule has 1 heterocycles. The van der Waals surface area contributed by atoms with Crippen LogP contribution in [0, 0.1) is 27.7 Å². The number of hydrogen-bond acceptors (Lipinski definition) is 3. The molecule has 100 valence electrons. The average molecular weight is 256 g/mol. The number of aromatic nitrogens is 1. The van der Waals surface area contributed by atoms with Crippen molar-refractivity contribution in [1.82, 2.24) is 4.98 Å². The summed E-state index contributed by atoms with van der Waals surface area (Å²) < 4.78 is 5.93. The minimum absolute atomic E-state index is 0.492. The first-order valence-corrected chi connectivity index (χ1v) is 6.43. The highest BCUT2D eigenvalue weighted by molar-refractivity contribution is 5.43. The average Bonchev–Trinajstić information content (AvgIpc) is 2.34. The highest BCUT2D eigenvalue weighted by Gasteiger charge is 2.07. The molecule has 0 aliphatic carbocycles. The van der Waals surface area contributed by atoms with Crippen LogP contribution in [-0.4, -0.2) is 4.98 Å². The number of rotatable bonds is 3. The van der Waals surface area contributed by atoms with Crippen LogP contribution in [0.5, 0.6) is 11.6 Å². The van der Waals surface area contributed by atoms with Crippen molar-refractivity contribution >= 4 is 0 Å². The van der Waals surface area contributed by atoms with E-state index in [9.17, 15) is 0 Å². The van der Waals surface area contributed by atoms with E-state index in [2.05, 4.69) is 31.8 Å². The molecule has 0 fully saturated rings. The smallest absolute Gasteiger partial charge is 0.219 e. The van der Waals surface area contributed by atoms with E-state index in [-0.39, 0.29) is 0 Å². The third-order valence-electron chi connectivity index (χ3n) is 3.20. The molecular weight excluding hydrogens is 236 g/mol. The van der Waals surface area contributed by atoms with E-state index in [4.69, 9.17) is 10.5 Å². The van der Waals surface area contributed by atoms with Gasteiger partial charge in [0.05, 0.1) is 0 Å². The summed E-state index contributed by atoms with van der Waals surface area (Å²) in [4.78, 5) is 4.40. The number of ether oxygens (including phenoxy) is 1. The van der Waals surface area contributed by atoms with Crippen LogP contribution < -0.4 is 10.5 Å². The molecule has 3 heteroatoms. The summed E-state index contributed by atoms with van der Waals surface area (Å²) in [6.45, 7) is 8.65. The van der Waals surface area contributed by atoms with Gasteiger partial charge in [0.15, 0.2) is 0 Å². The maximum atomic E-state index is 5.93. The van der Waals surface area contributed by atoms with Crippen LogP contribution in [0.15, 0.2) is 24.3 Å². The maximum absolute atomic E-state index is 5.93. The minimum atomic E-state index is 0.492. The molecule has 2 N–H and O–H groups in total. The summed E-state index contributed by atoms with van der Waals surface area (Å²) in [5, 5.41) is 0. The SMILES string of the molecule is Cc1cc(C)c(C)c(Oc2cc(CN)cc(C)n2)c1. The van der Waals surface area contributed by atoms with Crippen molar-refractivity contribution < 1.29 is 4.74 Å². The Morgan fingerprint density at radius 2 is 1.79 bits per heavy atom. The summed E-state index contributed by atoms with van der Waals surface area (Å²) in [5.41, 5.74) is 11.2. The third-order valence-corrected chi connectivity index (χ3v) is 3.20. The fourth-order valence-corrected chi connectivity index (χ4v) is 2.10. The topological polar surface area (TPSA) is 48.1 Å². The van der Waals surface area contributed by atoms with Gasteiger partial charge >= 0.3 is 0 Å². The molecule has 0 amide bonds. The van der Waals surface area contributed by atoms with Gasteiger partial charge in [-0.2, -0.15) is 0 Å². The second-order valence-corrected chi connectivity index (χ2v) is 4.97. The molecule has 2 rings (SSSR count). The maximum Gasteiger partial charge on any atom is 0.219 e. The van der Waals surface area contributed by atoms with E-state index in [1.54, 1.807) is 0 Å². The predicted octanol–water partition coefficient (Wildman–Crippen LogP) is 3.57. The zero-order chi connectivity index (χ0) is 14.0. The summed E-state index contributed by atoms with van der Waals surface area (Å²) >= 11 is 0. The monoisotopic (exact) mass is 256 g/mol. The lowest BCUT2D eigenvalue weighted by atomic mass is 10.1. The lowest BCUT2D eigenvalue weighted by Gasteiger charge is -2.12. The van der Waals surface area contributed by atoms with Crippen molar-refractivity contribution in [2.24, 2.45) is 5.73 Å². The van der Waals surface area contributed by atoms with Gasteiger partial charge in [0.2, 0.25) is 5.88 Å². The molecule has 19 heavy (non-hydrogen) atoms. The molecule has 1 aromatic carbocycles. The van der Waals surface area contributed by atoms with Crippen LogP contribution in [-0.2, 0) is 6.54 Å². The zero-order valence-corrected chi connectivity index (χ0v) is 11.9. The number of benzene rings is 1. The Labute approximate surface area is 114 Å². The summed E-state index contributed by atoms with van der Waals surface area (Å²) in [6, 6.07) is 8.05. The molecule has 0 bridgehead atoms. The first-order chi connectivity index (χ1) is 8.99. The molecule has 0 aliphatic rings. The Balaban J connectivity index is 2.38. The molecular formula is C16H20N2O. The Morgan fingerprint density at radius 1 is 1.05 bits per heavy atom. The number of hydrogen-bond donors (Lipinski definition) is 1. The molecule has 0 saturated carbocycles. The zero-order valence-electron chi connectivity index (χ0n) is 11.9. The lowest BCUT2D eigenvalue weighted by molar-refractivity contribution is 0.456. The van der Waals surface area contributed by atoms with Crippen molar-refractivity contribution in [1.29, 1.82) is 0 Å². The van der Waals surface area contributed by atoms with Crippen molar-refractivity contribution in [2.45, 2.75) is 34.2 Å². The Kier molecular flexibility index (Phi) is 3.86. The fraction of sp³-hybridized carbons (Fsp3) is 0.312. The molecule has 0 spiro atoms. The fourth-order valence-electron chi connectivity index (χ4n) is 2.10. The molecule has 0 saturated heterocycles. The largest absolute Gasteiger partial charge is 0.439 e.